The number of hydrogen-bond acceptors (Lipinski definition) is 4. The van der Waals surface area contributed by atoms with E-state index in [0.717, 1.165) is 10.8 Å². The molecule has 6 heteroatoms. The SMILES string of the molecule is COc1ccc(Cl)cc1C(=O)O[C@@H](C)C(=O)Nc1cccc2ccccc12. The zero-order valence-corrected chi connectivity index (χ0v) is 15.6. The van der Waals surface area contributed by atoms with Crippen molar-refractivity contribution in [3.8, 4) is 5.75 Å². The van der Waals surface area contributed by atoms with Crippen molar-refractivity contribution in [1.82, 2.24) is 0 Å². The van der Waals surface area contributed by atoms with Crippen LogP contribution in [-0.4, -0.2) is 25.1 Å². The molecule has 0 aliphatic carbocycles. The van der Waals surface area contributed by atoms with Gasteiger partial charge in [-0.1, -0.05) is 48.0 Å². The summed E-state index contributed by atoms with van der Waals surface area (Å²) in [7, 11) is 1.44. The van der Waals surface area contributed by atoms with E-state index in [9.17, 15) is 9.59 Å². The predicted octanol–water partition coefficient (Wildman–Crippen LogP) is 4.69. The lowest BCUT2D eigenvalue weighted by Gasteiger charge is -2.16. The summed E-state index contributed by atoms with van der Waals surface area (Å²) in [6.07, 6.45) is -1.000. The Bertz CT molecular complexity index is 997. The summed E-state index contributed by atoms with van der Waals surface area (Å²) in [6, 6.07) is 17.9. The third-order valence-electron chi connectivity index (χ3n) is 4.08. The van der Waals surface area contributed by atoms with Gasteiger partial charge in [-0.05, 0) is 36.6 Å². The summed E-state index contributed by atoms with van der Waals surface area (Å²) in [5.74, 6) is -0.790. The monoisotopic (exact) mass is 383 g/mol. The van der Waals surface area contributed by atoms with E-state index < -0.39 is 18.0 Å². The zero-order chi connectivity index (χ0) is 19.4. The smallest absolute Gasteiger partial charge is 0.342 e. The van der Waals surface area contributed by atoms with Gasteiger partial charge in [0.2, 0.25) is 0 Å². The first-order valence-corrected chi connectivity index (χ1v) is 8.70. The van der Waals surface area contributed by atoms with E-state index in [1.54, 1.807) is 18.2 Å². The average Bonchev–Trinajstić information content (AvgIpc) is 2.68. The van der Waals surface area contributed by atoms with Crippen LogP contribution in [0.2, 0.25) is 5.02 Å². The summed E-state index contributed by atoms with van der Waals surface area (Å²) in [6.45, 7) is 1.51. The minimum Gasteiger partial charge on any atom is -0.496 e. The van der Waals surface area contributed by atoms with Crippen molar-refractivity contribution < 1.29 is 19.1 Å². The number of fused-ring (bicyclic) bond motifs is 1. The number of carbonyl (C=O) groups is 2. The molecule has 0 aromatic heterocycles. The minimum absolute atomic E-state index is 0.162. The third-order valence-corrected chi connectivity index (χ3v) is 4.32. The Morgan fingerprint density at radius 1 is 1.04 bits per heavy atom. The fourth-order valence-electron chi connectivity index (χ4n) is 2.69. The van der Waals surface area contributed by atoms with Crippen molar-refractivity contribution in [3.63, 3.8) is 0 Å². The van der Waals surface area contributed by atoms with Crippen LogP contribution >= 0.6 is 11.6 Å². The second kappa shape index (κ2) is 8.10. The molecular formula is C21H18ClNO4. The van der Waals surface area contributed by atoms with Gasteiger partial charge in [-0.3, -0.25) is 4.79 Å². The van der Waals surface area contributed by atoms with Crippen LogP contribution in [0, 0.1) is 0 Å². The van der Waals surface area contributed by atoms with Gasteiger partial charge in [0.15, 0.2) is 6.10 Å². The van der Waals surface area contributed by atoms with Crippen molar-refractivity contribution in [2.45, 2.75) is 13.0 Å². The number of anilines is 1. The van der Waals surface area contributed by atoms with E-state index in [2.05, 4.69) is 5.32 Å². The van der Waals surface area contributed by atoms with Crippen LogP contribution in [0.15, 0.2) is 60.7 Å². The zero-order valence-electron chi connectivity index (χ0n) is 14.9. The Kier molecular flexibility index (Phi) is 5.62. The molecule has 0 spiro atoms. The topological polar surface area (TPSA) is 64.6 Å². The highest BCUT2D eigenvalue weighted by Gasteiger charge is 2.22. The number of hydrogen-bond donors (Lipinski definition) is 1. The minimum atomic E-state index is -1.000. The molecule has 0 unspecified atom stereocenters. The van der Waals surface area contributed by atoms with E-state index in [4.69, 9.17) is 21.1 Å². The molecule has 3 rings (SSSR count). The van der Waals surface area contributed by atoms with Crippen LogP contribution < -0.4 is 10.1 Å². The van der Waals surface area contributed by atoms with Crippen LogP contribution in [0.1, 0.15) is 17.3 Å². The lowest BCUT2D eigenvalue weighted by atomic mass is 10.1. The highest BCUT2D eigenvalue weighted by atomic mass is 35.5. The lowest BCUT2D eigenvalue weighted by molar-refractivity contribution is -0.123. The summed E-state index contributed by atoms with van der Waals surface area (Å²) in [5.41, 5.74) is 0.816. The van der Waals surface area contributed by atoms with Crippen molar-refractivity contribution in [2.75, 3.05) is 12.4 Å². The molecule has 0 aliphatic heterocycles. The summed E-state index contributed by atoms with van der Waals surface area (Å²) in [4.78, 5) is 24.9. The van der Waals surface area contributed by atoms with Gasteiger partial charge in [0.05, 0.1) is 7.11 Å². The molecule has 1 N–H and O–H groups in total. The lowest BCUT2D eigenvalue weighted by Crippen LogP contribution is -2.30. The Labute approximate surface area is 161 Å². The molecule has 0 saturated heterocycles. The van der Waals surface area contributed by atoms with Crippen LogP contribution in [0.3, 0.4) is 0 Å². The first-order chi connectivity index (χ1) is 13.0. The maximum atomic E-state index is 12.5. The van der Waals surface area contributed by atoms with Crippen LogP contribution in [0.4, 0.5) is 5.69 Å². The number of halogens is 1. The number of nitrogens with one attached hydrogen (secondary N) is 1. The molecule has 0 saturated carbocycles. The molecule has 3 aromatic rings. The maximum absolute atomic E-state index is 12.5. The molecule has 0 aliphatic rings. The van der Waals surface area contributed by atoms with Gasteiger partial charge in [-0.25, -0.2) is 4.79 Å². The average molecular weight is 384 g/mol. The number of methoxy groups -OCH3 is 1. The molecule has 0 fully saturated rings. The maximum Gasteiger partial charge on any atom is 0.342 e. The van der Waals surface area contributed by atoms with E-state index in [1.807, 2.05) is 36.4 Å². The number of amides is 1. The van der Waals surface area contributed by atoms with Crippen molar-refractivity contribution in [2.24, 2.45) is 0 Å². The molecule has 1 atom stereocenters. The molecular weight excluding hydrogens is 366 g/mol. The summed E-state index contributed by atoms with van der Waals surface area (Å²) < 4.78 is 10.4. The first-order valence-electron chi connectivity index (χ1n) is 8.32. The Morgan fingerprint density at radius 2 is 1.78 bits per heavy atom. The van der Waals surface area contributed by atoms with Gasteiger partial charge in [-0.15, -0.1) is 0 Å². The highest BCUT2D eigenvalue weighted by molar-refractivity contribution is 6.31. The number of benzene rings is 3. The van der Waals surface area contributed by atoms with Gasteiger partial charge in [0.25, 0.3) is 5.91 Å². The van der Waals surface area contributed by atoms with Crippen LogP contribution in [0.25, 0.3) is 10.8 Å². The fraction of sp³-hybridized carbons (Fsp3) is 0.143. The molecule has 27 heavy (non-hydrogen) atoms. The van der Waals surface area contributed by atoms with Gasteiger partial charge in [0, 0.05) is 16.1 Å². The Balaban J connectivity index is 1.74. The standard InChI is InChI=1S/C21H18ClNO4/c1-13(27-21(25)17-12-15(22)10-11-19(17)26-2)20(24)23-18-9-5-7-14-6-3-4-8-16(14)18/h3-13H,1-2H3,(H,23,24)/t13-/m0/s1. The number of carbonyl (C=O) groups excluding carboxylic acids is 2. The van der Waals surface area contributed by atoms with Crippen molar-refractivity contribution in [3.05, 3.63) is 71.2 Å². The van der Waals surface area contributed by atoms with Crippen LogP contribution in [0.5, 0.6) is 5.75 Å². The van der Waals surface area contributed by atoms with E-state index in [-0.39, 0.29) is 5.56 Å². The van der Waals surface area contributed by atoms with Crippen LogP contribution in [-0.2, 0) is 9.53 Å². The largest absolute Gasteiger partial charge is 0.496 e. The molecule has 3 aromatic carbocycles. The normalized spacial score (nSPS) is 11.7. The van der Waals surface area contributed by atoms with E-state index >= 15 is 0 Å². The molecule has 138 valence electrons. The molecule has 5 nitrogen and oxygen atoms in total. The first kappa shape index (κ1) is 18.7. The second-order valence-electron chi connectivity index (χ2n) is 5.91. The fourth-order valence-corrected chi connectivity index (χ4v) is 2.86. The summed E-state index contributed by atoms with van der Waals surface area (Å²) >= 11 is 5.94. The molecule has 0 bridgehead atoms. The highest BCUT2D eigenvalue weighted by Crippen LogP contribution is 2.25. The third kappa shape index (κ3) is 4.20. The van der Waals surface area contributed by atoms with Crippen molar-refractivity contribution >= 4 is 39.9 Å². The number of rotatable bonds is 5. The quantitative estimate of drug-likeness (QED) is 0.649. The van der Waals surface area contributed by atoms with E-state index in [0.29, 0.717) is 16.5 Å². The Morgan fingerprint density at radius 3 is 2.56 bits per heavy atom. The predicted molar refractivity (Wildman–Crippen MR) is 105 cm³/mol. The summed E-state index contributed by atoms with van der Waals surface area (Å²) in [5, 5.41) is 5.09. The number of ether oxygens (including phenoxy) is 2. The number of esters is 1. The molecule has 0 radical (unpaired) electrons. The van der Waals surface area contributed by atoms with Gasteiger partial charge < -0.3 is 14.8 Å². The molecule has 0 heterocycles. The van der Waals surface area contributed by atoms with Gasteiger partial charge in [-0.2, -0.15) is 0 Å². The van der Waals surface area contributed by atoms with Gasteiger partial charge in [0.1, 0.15) is 11.3 Å². The second-order valence-corrected chi connectivity index (χ2v) is 6.34. The van der Waals surface area contributed by atoms with Crippen molar-refractivity contribution in [1.29, 1.82) is 0 Å². The van der Waals surface area contributed by atoms with E-state index in [1.165, 1.54) is 20.1 Å². The molecule has 1 amide bonds. The Hall–Kier alpha value is -3.05. The van der Waals surface area contributed by atoms with Gasteiger partial charge >= 0.3 is 5.97 Å².